The molecule has 3 N–H and O–H groups in total. The van der Waals surface area contributed by atoms with E-state index in [1.165, 1.54) is 321 Å². The van der Waals surface area contributed by atoms with Crippen molar-refractivity contribution in [2.75, 3.05) is 13.2 Å². The number of aliphatic hydroxyl groups excluding tert-OH is 2. The Labute approximate surface area is 488 Å². The second-order valence-corrected chi connectivity index (χ2v) is 24.6. The van der Waals surface area contributed by atoms with Crippen molar-refractivity contribution in [1.82, 2.24) is 5.32 Å². The Bertz CT molecular complexity index is 1220. The van der Waals surface area contributed by atoms with E-state index in [2.05, 4.69) is 43.5 Å². The van der Waals surface area contributed by atoms with Crippen LogP contribution in [0.15, 0.2) is 24.3 Å². The van der Waals surface area contributed by atoms with Gasteiger partial charge >= 0.3 is 5.97 Å². The first-order valence-corrected chi connectivity index (χ1v) is 35.6. The minimum Gasteiger partial charge on any atom is -0.466 e. The maximum atomic E-state index is 12.5. The van der Waals surface area contributed by atoms with E-state index < -0.39 is 12.1 Å². The Hall–Kier alpha value is -1.66. The molecule has 0 aromatic rings. The summed E-state index contributed by atoms with van der Waals surface area (Å²) in [5, 5.41) is 23.3. The van der Waals surface area contributed by atoms with Gasteiger partial charge in [-0.1, -0.05) is 353 Å². The summed E-state index contributed by atoms with van der Waals surface area (Å²) in [6.45, 7) is 4.98. The third kappa shape index (κ3) is 63.5. The number of carbonyl (C=O) groups excluding carboxylic acids is 2. The minimum absolute atomic E-state index is 0.0183. The highest BCUT2D eigenvalue weighted by Gasteiger charge is 2.20. The molecule has 0 saturated carbocycles. The molecule has 462 valence electrons. The number of esters is 1. The molecule has 6 heteroatoms. The third-order valence-electron chi connectivity index (χ3n) is 16.8. The van der Waals surface area contributed by atoms with Crippen LogP contribution in [0.25, 0.3) is 0 Å². The molecule has 2 atom stereocenters. The van der Waals surface area contributed by atoms with Crippen LogP contribution >= 0.6 is 0 Å². The van der Waals surface area contributed by atoms with Crippen molar-refractivity contribution in [2.45, 2.75) is 411 Å². The predicted octanol–water partition coefficient (Wildman–Crippen LogP) is 22.9. The molecule has 0 heterocycles. The third-order valence-corrected chi connectivity index (χ3v) is 16.8. The molecule has 0 radical (unpaired) electrons. The molecular weight excluding hydrogens is 959 g/mol. The molecule has 0 fully saturated rings. The zero-order valence-corrected chi connectivity index (χ0v) is 52.9. The summed E-state index contributed by atoms with van der Waals surface area (Å²) in [6.07, 6.45) is 85.2. The molecular formula is C72H139NO5. The van der Waals surface area contributed by atoms with Gasteiger partial charge in [0.25, 0.3) is 0 Å². The number of allylic oxidation sites excluding steroid dienone is 4. The van der Waals surface area contributed by atoms with Crippen LogP contribution in [0.5, 0.6) is 0 Å². The Balaban J connectivity index is 3.35. The molecule has 78 heavy (non-hydrogen) atoms. The summed E-state index contributed by atoms with van der Waals surface area (Å²) in [5.41, 5.74) is 0. The average molecular weight is 1100 g/mol. The first-order valence-electron chi connectivity index (χ1n) is 35.6. The molecule has 1 amide bonds. The van der Waals surface area contributed by atoms with E-state index >= 15 is 0 Å². The average Bonchev–Trinajstić information content (AvgIpc) is 3.44. The van der Waals surface area contributed by atoms with Gasteiger partial charge in [-0.3, -0.25) is 9.59 Å². The van der Waals surface area contributed by atoms with Crippen LogP contribution in [0.1, 0.15) is 399 Å². The first-order chi connectivity index (χ1) is 38.5. The van der Waals surface area contributed by atoms with Crippen LogP contribution in [0.2, 0.25) is 0 Å². The van der Waals surface area contributed by atoms with Gasteiger partial charge in [0.05, 0.1) is 25.4 Å². The molecule has 0 aliphatic heterocycles. The van der Waals surface area contributed by atoms with Gasteiger partial charge in [0.1, 0.15) is 0 Å². The number of ether oxygens (including phenoxy) is 1. The van der Waals surface area contributed by atoms with Crippen LogP contribution in [0.4, 0.5) is 0 Å². The lowest BCUT2D eigenvalue weighted by molar-refractivity contribution is -0.143. The largest absolute Gasteiger partial charge is 0.466 e. The Kier molecular flexibility index (Phi) is 66.4. The highest BCUT2D eigenvalue weighted by molar-refractivity contribution is 5.76. The van der Waals surface area contributed by atoms with E-state index in [9.17, 15) is 19.8 Å². The molecule has 0 aromatic carbocycles. The normalized spacial score (nSPS) is 12.6. The fraction of sp³-hybridized carbons (Fsp3) is 0.917. The highest BCUT2D eigenvalue weighted by atomic mass is 16.5. The molecule has 0 rings (SSSR count). The molecule has 0 spiro atoms. The number of unbranched alkanes of at least 4 members (excludes halogenated alkanes) is 52. The molecule has 0 aliphatic rings. The van der Waals surface area contributed by atoms with Crippen molar-refractivity contribution in [1.29, 1.82) is 0 Å². The molecule has 0 aromatic heterocycles. The van der Waals surface area contributed by atoms with Crippen LogP contribution in [0, 0.1) is 0 Å². The number of nitrogens with one attached hydrogen (secondary N) is 1. The van der Waals surface area contributed by atoms with Crippen molar-refractivity contribution in [3.8, 4) is 0 Å². The van der Waals surface area contributed by atoms with Gasteiger partial charge in [0, 0.05) is 12.8 Å². The van der Waals surface area contributed by atoms with Gasteiger partial charge in [-0.2, -0.15) is 0 Å². The zero-order chi connectivity index (χ0) is 56.4. The van der Waals surface area contributed by atoms with Gasteiger partial charge in [0.2, 0.25) is 5.91 Å². The number of carbonyl (C=O) groups is 2. The molecule has 2 unspecified atom stereocenters. The quantitative estimate of drug-likeness (QED) is 0.0320. The van der Waals surface area contributed by atoms with Crippen molar-refractivity contribution < 1.29 is 24.5 Å². The van der Waals surface area contributed by atoms with Crippen LogP contribution in [-0.2, 0) is 14.3 Å². The van der Waals surface area contributed by atoms with E-state index in [1.54, 1.807) is 0 Å². The number of rotatable bonds is 67. The standard InChI is InChI=1S/C72H139NO5/c1-3-5-7-9-11-13-15-17-18-19-36-39-42-46-50-54-58-62-66-72(77)78-67-63-59-55-51-47-43-40-37-34-32-30-28-26-24-22-20-21-23-25-27-29-31-33-35-38-41-45-49-53-57-61-65-71(76)73-69(68-74)70(75)64-60-56-52-48-44-16-14-12-10-8-6-4-2/h22,24,28,30,69-70,74-75H,3-21,23,25-27,29,31-68H2,1-2H3,(H,73,76)/b24-22-,30-28-. The van der Waals surface area contributed by atoms with Gasteiger partial charge in [0.15, 0.2) is 0 Å². The summed E-state index contributed by atoms with van der Waals surface area (Å²) < 4.78 is 5.51. The zero-order valence-electron chi connectivity index (χ0n) is 52.9. The van der Waals surface area contributed by atoms with Gasteiger partial charge in [-0.05, 0) is 57.8 Å². The Morgan fingerprint density at radius 1 is 0.359 bits per heavy atom. The molecule has 0 aliphatic carbocycles. The smallest absolute Gasteiger partial charge is 0.305 e. The summed E-state index contributed by atoms with van der Waals surface area (Å²) >= 11 is 0. The van der Waals surface area contributed by atoms with Gasteiger partial charge in [-0.25, -0.2) is 0 Å². The maximum Gasteiger partial charge on any atom is 0.305 e. The second-order valence-electron chi connectivity index (χ2n) is 24.6. The summed E-state index contributed by atoms with van der Waals surface area (Å²) in [5.74, 6) is -0.0147. The van der Waals surface area contributed by atoms with Crippen molar-refractivity contribution in [2.24, 2.45) is 0 Å². The SMILES string of the molecule is CCCCCCCCCCCCCCCCCCCCC(=O)OCCCCCCCCCCC/C=C\C/C=C\CCCCCCCCCCCCCCCCCC(=O)NC(CO)C(O)CCCCCCCCCCCCCC. The summed E-state index contributed by atoms with van der Waals surface area (Å²) in [4.78, 5) is 24.6. The lowest BCUT2D eigenvalue weighted by atomic mass is 10.0. The first kappa shape index (κ1) is 76.3. The monoisotopic (exact) mass is 1100 g/mol. The number of hydrogen-bond donors (Lipinski definition) is 3. The molecule has 0 saturated heterocycles. The molecule has 0 bridgehead atoms. The van der Waals surface area contributed by atoms with E-state index in [4.69, 9.17) is 4.74 Å². The van der Waals surface area contributed by atoms with Crippen molar-refractivity contribution in [3.63, 3.8) is 0 Å². The van der Waals surface area contributed by atoms with E-state index in [1.807, 2.05) is 0 Å². The van der Waals surface area contributed by atoms with Crippen LogP contribution in [0.3, 0.4) is 0 Å². The number of aliphatic hydroxyl groups is 2. The summed E-state index contributed by atoms with van der Waals surface area (Å²) in [6, 6.07) is -0.540. The van der Waals surface area contributed by atoms with Gasteiger partial charge in [-0.15, -0.1) is 0 Å². The Morgan fingerprint density at radius 3 is 0.974 bits per heavy atom. The van der Waals surface area contributed by atoms with E-state index in [0.717, 1.165) is 44.9 Å². The predicted molar refractivity (Wildman–Crippen MR) is 343 cm³/mol. The lowest BCUT2D eigenvalue weighted by Crippen LogP contribution is -2.45. The Morgan fingerprint density at radius 2 is 0.641 bits per heavy atom. The number of amides is 1. The van der Waals surface area contributed by atoms with Crippen LogP contribution in [-0.4, -0.2) is 47.4 Å². The summed E-state index contributed by atoms with van der Waals surface area (Å²) in [7, 11) is 0. The second kappa shape index (κ2) is 67.8. The van der Waals surface area contributed by atoms with E-state index in [-0.39, 0.29) is 18.5 Å². The minimum atomic E-state index is -0.662. The van der Waals surface area contributed by atoms with Crippen molar-refractivity contribution >= 4 is 11.9 Å². The maximum absolute atomic E-state index is 12.5. The lowest BCUT2D eigenvalue weighted by Gasteiger charge is -2.22. The van der Waals surface area contributed by atoms with Crippen LogP contribution < -0.4 is 5.32 Å². The fourth-order valence-electron chi connectivity index (χ4n) is 11.3. The fourth-order valence-corrected chi connectivity index (χ4v) is 11.3. The van der Waals surface area contributed by atoms with Crippen molar-refractivity contribution in [3.05, 3.63) is 24.3 Å². The molecule has 6 nitrogen and oxygen atoms in total. The topological polar surface area (TPSA) is 95.9 Å². The van der Waals surface area contributed by atoms with Gasteiger partial charge < -0.3 is 20.3 Å². The highest BCUT2D eigenvalue weighted by Crippen LogP contribution is 2.19. The van der Waals surface area contributed by atoms with E-state index in [0.29, 0.717) is 25.9 Å². The number of hydrogen-bond acceptors (Lipinski definition) is 5.